The fraction of sp³-hybridized carbons (Fsp3) is 0.250. The van der Waals surface area contributed by atoms with Crippen LogP contribution in [-0.4, -0.2) is 36.3 Å². The topological polar surface area (TPSA) is 80.9 Å². The summed E-state index contributed by atoms with van der Waals surface area (Å²) in [4.78, 5) is 8.54. The molecule has 0 aromatic carbocycles. The molecule has 3 rings (SSSR count). The quantitative estimate of drug-likeness (QED) is 0.571. The Hall–Kier alpha value is -2.00. The second kappa shape index (κ2) is 5.78. The predicted octanol–water partition coefficient (Wildman–Crippen LogP) is 2.34. The second-order valence-corrected chi connectivity index (χ2v) is 6.46. The number of aromatic nitrogens is 6. The van der Waals surface area contributed by atoms with Crippen LogP contribution in [0.4, 0.5) is 5.13 Å². The molecule has 0 fully saturated rings. The van der Waals surface area contributed by atoms with Gasteiger partial charge in [0.15, 0.2) is 4.34 Å². The molecule has 3 aromatic heterocycles. The molecule has 0 saturated heterocycles. The normalized spacial score (nSPS) is 11.0. The monoisotopic (exact) mass is 319 g/mol. The van der Waals surface area contributed by atoms with Crippen LogP contribution in [0.2, 0.25) is 0 Å². The lowest BCUT2D eigenvalue weighted by Crippen LogP contribution is -2.01. The first-order valence-corrected chi connectivity index (χ1v) is 7.85. The fourth-order valence-electron chi connectivity index (χ4n) is 1.69. The third-order valence-electron chi connectivity index (χ3n) is 2.84. The van der Waals surface area contributed by atoms with Gasteiger partial charge in [0.1, 0.15) is 11.4 Å². The molecule has 0 unspecified atom stereocenters. The van der Waals surface area contributed by atoms with Gasteiger partial charge in [-0.15, -0.1) is 16.8 Å². The van der Waals surface area contributed by atoms with E-state index in [9.17, 15) is 0 Å². The van der Waals surface area contributed by atoms with Crippen LogP contribution in [-0.2, 0) is 0 Å². The van der Waals surface area contributed by atoms with E-state index in [4.69, 9.17) is 0 Å². The van der Waals surface area contributed by atoms with Crippen LogP contribution in [0.25, 0.3) is 5.78 Å². The molecule has 0 aliphatic carbocycles. The lowest BCUT2D eigenvalue weighted by Gasteiger charge is -2.07. The van der Waals surface area contributed by atoms with Gasteiger partial charge in [0.25, 0.3) is 5.78 Å². The molecule has 0 spiro atoms. The van der Waals surface area contributed by atoms with Gasteiger partial charge < -0.3 is 5.32 Å². The van der Waals surface area contributed by atoms with E-state index in [1.807, 2.05) is 13.8 Å². The minimum absolute atomic E-state index is 0.593. The second-order valence-electron chi connectivity index (χ2n) is 4.24. The van der Waals surface area contributed by atoms with E-state index in [0.717, 1.165) is 25.8 Å². The summed E-state index contributed by atoms with van der Waals surface area (Å²) in [5.74, 6) is 0.593. The maximum atomic E-state index is 4.40. The Labute approximate surface area is 129 Å². The summed E-state index contributed by atoms with van der Waals surface area (Å²) < 4.78 is 2.57. The highest BCUT2D eigenvalue weighted by atomic mass is 32.2. The summed E-state index contributed by atoms with van der Waals surface area (Å²) in [6, 6.07) is 0. The Balaban J connectivity index is 1.94. The number of fused-ring (bicyclic) bond motifs is 1. The summed E-state index contributed by atoms with van der Waals surface area (Å²) in [6.45, 7) is 8.31. The van der Waals surface area contributed by atoms with Crippen LogP contribution in [0.15, 0.2) is 28.3 Å². The molecule has 21 heavy (non-hydrogen) atoms. The molecule has 3 aromatic rings. The van der Waals surface area contributed by atoms with Crippen molar-refractivity contribution in [3.8, 4) is 0 Å². The number of rotatable bonds is 5. The zero-order valence-corrected chi connectivity index (χ0v) is 13.2. The van der Waals surface area contributed by atoms with E-state index >= 15 is 0 Å². The minimum atomic E-state index is 0.593. The van der Waals surface area contributed by atoms with Crippen molar-refractivity contribution >= 4 is 34.0 Å². The number of hydrogen-bond donors (Lipinski definition) is 1. The first-order valence-electron chi connectivity index (χ1n) is 6.22. The molecule has 0 atom stereocenters. The predicted molar refractivity (Wildman–Crippen MR) is 83.0 cm³/mol. The van der Waals surface area contributed by atoms with Gasteiger partial charge in [-0.25, -0.2) is 4.98 Å². The van der Waals surface area contributed by atoms with E-state index in [-0.39, 0.29) is 0 Å². The average Bonchev–Trinajstić information content (AvgIpc) is 3.10. The van der Waals surface area contributed by atoms with Crippen molar-refractivity contribution in [1.29, 1.82) is 0 Å². The van der Waals surface area contributed by atoms with E-state index in [0.29, 0.717) is 12.3 Å². The van der Waals surface area contributed by atoms with Crippen molar-refractivity contribution < 1.29 is 0 Å². The van der Waals surface area contributed by atoms with Gasteiger partial charge in [-0.05, 0) is 25.6 Å². The summed E-state index contributed by atoms with van der Waals surface area (Å²) in [6.07, 6.45) is 3.28. The summed E-state index contributed by atoms with van der Waals surface area (Å²) in [7, 11) is 0. The van der Waals surface area contributed by atoms with Crippen LogP contribution < -0.4 is 5.32 Å². The highest BCUT2D eigenvalue weighted by molar-refractivity contribution is 8.01. The molecule has 0 amide bonds. The molecule has 0 aliphatic heterocycles. The first-order chi connectivity index (χ1) is 10.2. The first kappa shape index (κ1) is 14.0. The van der Waals surface area contributed by atoms with Crippen molar-refractivity contribution in [2.24, 2.45) is 0 Å². The van der Waals surface area contributed by atoms with Gasteiger partial charge in [0.05, 0.1) is 0 Å². The lowest BCUT2D eigenvalue weighted by molar-refractivity contribution is 0.813. The van der Waals surface area contributed by atoms with Gasteiger partial charge in [-0.2, -0.15) is 14.6 Å². The summed E-state index contributed by atoms with van der Waals surface area (Å²) in [5, 5.41) is 17.4. The highest BCUT2D eigenvalue weighted by Gasteiger charge is 2.15. The molecular formula is C12H13N7S2. The molecule has 3 heterocycles. The molecule has 7 nitrogen and oxygen atoms in total. The molecule has 1 N–H and O–H groups in total. The van der Waals surface area contributed by atoms with Crippen LogP contribution in [0.1, 0.15) is 11.3 Å². The Morgan fingerprint density at radius 1 is 1.43 bits per heavy atom. The van der Waals surface area contributed by atoms with E-state index in [1.54, 1.807) is 10.6 Å². The van der Waals surface area contributed by atoms with Crippen LogP contribution in [0.5, 0.6) is 0 Å². The van der Waals surface area contributed by atoms with Crippen molar-refractivity contribution in [1.82, 2.24) is 29.8 Å². The molecule has 0 radical (unpaired) electrons. The number of hydrogen-bond acceptors (Lipinski definition) is 8. The van der Waals surface area contributed by atoms with Crippen molar-refractivity contribution in [2.75, 3.05) is 11.9 Å². The minimum Gasteiger partial charge on any atom is -0.357 e. The van der Waals surface area contributed by atoms with Crippen molar-refractivity contribution in [3.05, 3.63) is 30.2 Å². The fourth-order valence-corrected chi connectivity index (χ4v) is 3.57. The van der Waals surface area contributed by atoms with Gasteiger partial charge in [-0.1, -0.05) is 17.4 Å². The van der Waals surface area contributed by atoms with E-state index in [1.165, 1.54) is 29.4 Å². The average molecular weight is 319 g/mol. The third kappa shape index (κ3) is 2.74. The molecular weight excluding hydrogens is 306 g/mol. The maximum Gasteiger partial charge on any atom is 0.253 e. The van der Waals surface area contributed by atoms with Crippen molar-refractivity contribution in [3.63, 3.8) is 0 Å². The molecule has 0 bridgehead atoms. The molecule has 108 valence electrons. The van der Waals surface area contributed by atoms with Gasteiger partial charge in [-0.3, -0.25) is 0 Å². The Bertz CT molecular complexity index is 792. The SMILES string of the molecule is C=CCNc1nnc(Sc2c(C)c(C)nc3ncnn23)s1. The molecule has 9 heteroatoms. The largest absolute Gasteiger partial charge is 0.357 e. The summed E-state index contributed by atoms with van der Waals surface area (Å²) in [5.41, 5.74) is 2.00. The number of anilines is 1. The van der Waals surface area contributed by atoms with Crippen LogP contribution >= 0.6 is 23.1 Å². The summed E-state index contributed by atoms with van der Waals surface area (Å²) >= 11 is 3.01. The number of nitrogens with zero attached hydrogens (tertiary/aromatic N) is 6. The Kier molecular flexibility index (Phi) is 3.84. The van der Waals surface area contributed by atoms with Gasteiger partial charge >= 0.3 is 0 Å². The van der Waals surface area contributed by atoms with E-state index < -0.39 is 0 Å². The van der Waals surface area contributed by atoms with Gasteiger partial charge in [0.2, 0.25) is 5.13 Å². The zero-order valence-electron chi connectivity index (χ0n) is 11.6. The Morgan fingerprint density at radius 3 is 3.10 bits per heavy atom. The van der Waals surface area contributed by atoms with Crippen LogP contribution in [0.3, 0.4) is 0 Å². The van der Waals surface area contributed by atoms with Gasteiger partial charge in [0, 0.05) is 17.8 Å². The van der Waals surface area contributed by atoms with E-state index in [2.05, 4.69) is 37.2 Å². The molecule has 0 saturated carbocycles. The third-order valence-corrected chi connectivity index (χ3v) is 4.95. The molecule has 0 aliphatic rings. The van der Waals surface area contributed by atoms with Crippen molar-refractivity contribution in [2.45, 2.75) is 23.2 Å². The number of nitrogens with one attached hydrogen (secondary N) is 1. The van der Waals surface area contributed by atoms with Crippen LogP contribution in [0, 0.1) is 13.8 Å². The maximum absolute atomic E-state index is 4.40. The highest BCUT2D eigenvalue weighted by Crippen LogP contribution is 2.34. The standard InChI is InChI=1S/C12H13N7S2/c1-4-5-13-11-17-18-12(21-11)20-9-7(2)8(3)16-10-14-6-15-19(9)10/h4,6H,1,5H2,2-3H3,(H,13,17). The number of aryl methyl sites for hydroxylation is 1. The Morgan fingerprint density at radius 2 is 2.29 bits per heavy atom. The smallest absolute Gasteiger partial charge is 0.253 e. The lowest BCUT2D eigenvalue weighted by atomic mass is 10.3. The zero-order chi connectivity index (χ0) is 14.8.